The predicted octanol–water partition coefficient (Wildman–Crippen LogP) is 8.50. The summed E-state index contributed by atoms with van der Waals surface area (Å²) in [5.74, 6) is 0.164. The first kappa shape index (κ1) is 35.2. The number of aryl methyl sites for hydroxylation is 1. The molecule has 44 heavy (non-hydrogen) atoms. The Kier molecular flexibility index (Phi) is 12.5. The average molecular weight is 634 g/mol. The van der Waals surface area contributed by atoms with Crippen LogP contribution in [0.25, 0.3) is 33.1 Å². The number of aliphatic hydroxyl groups is 1. The molecule has 0 radical (unpaired) electrons. The maximum Gasteiger partial charge on any atom is 0.416 e. The highest BCUT2D eigenvalue weighted by molar-refractivity contribution is 6.37. The van der Waals surface area contributed by atoms with Crippen molar-refractivity contribution in [2.45, 2.75) is 91.0 Å². The van der Waals surface area contributed by atoms with Crippen molar-refractivity contribution in [3.8, 4) is 11.3 Å². The highest BCUT2D eigenvalue weighted by Gasteiger charge is 2.39. The second-order valence-electron chi connectivity index (χ2n) is 11.2. The minimum atomic E-state index is -4.80. The molecule has 0 saturated heterocycles. The lowest BCUT2D eigenvalue weighted by molar-refractivity contribution is -0.207. The molecular weight excluding hydrogens is 591 g/mol. The second-order valence-corrected chi connectivity index (χ2v) is 11.6. The van der Waals surface area contributed by atoms with Gasteiger partial charge in [0.25, 0.3) is 0 Å². The zero-order valence-corrected chi connectivity index (χ0v) is 25.4. The summed E-state index contributed by atoms with van der Waals surface area (Å²) in [6, 6.07) is 13.8. The number of unbranched alkanes of at least 4 members (excludes halogenated alkanes) is 5. The van der Waals surface area contributed by atoms with Crippen LogP contribution in [0, 0.1) is 0 Å². The van der Waals surface area contributed by atoms with Crippen LogP contribution < -0.4 is 5.56 Å². The number of H-pyrrole nitrogens is 1. The summed E-state index contributed by atoms with van der Waals surface area (Å²) in [6.07, 6.45) is 0.0534. The molecule has 2 aromatic carbocycles. The molecule has 0 saturated carbocycles. The Bertz CT molecular complexity index is 1600. The number of pyridine rings is 1. The lowest BCUT2D eigenvalue weighted by Gasteiger charge is -2.19. The first-order valence-corrected chi connectivity index (χ1v) is 15.3. The number of hydrogen-bond donors (Lipinski definition) is 2. The van der Waals surface area contributed by atoms with Crippen molar-refractivity contribution in [2.24, 2.45) is 0 Å². The SMILES string of the molecule is C.CCCCN(C)C(=O)CCCCCCCc1c(-c2ccccc2)n(C[C@H](O)C(F)(F)F)c2ccc3[nH]c(=O)cc(Cl)c3c12. The van der Waals surface area contributed by atoms with E-state index >= 15 is 0 Å². The summed E-state index contributed by atoms with van der Waals surface area (Å²) >= 11 is 6.60. The van der Waals surface area contributed by atoms with Crippen molar-refractivity contribution >= 4 is 39.3 Å². The summed E-state index contributed by atoms with van der Waals surface area (Å²) < 4.78 is 42.3. The van der Waals surface area contributed by atoms with Crippen molar-refractivity contribution in [3.63, 3.8) is 0 Å². The highest BCUT2D eigenvalue weighted by atomic mass is 35.5. The molecule has 6 nitrogen and oxygen atoms in total. The van der Waals surface area contributed by atoms with Gasteiger partial charge in [-0.3, -0.25) is 9.59 Å². The highest BCUT2D eigenvalue weighted by Crippen LogP contribution is 2.41. The van der Waals surface area contributed by atoms with Gasteiger partial charge in [0.1, 0.15) is 0 Å². The Morgan fingerprint density at radius 1 is 1.02 bits per heavy atom. The van der Waals surface area contributed by atoms with Crippen molar-refractivity contribution in [1.82, 2.24) is 14.5 Å². The van der Waals surface area contributed by atoms with Crippen LogP contribution in [0.3, 0.4) is 0 Å². The molecule has 2 N–H and O–H groups in total. The first-order chi connectivity index (χ1) is 20.5. The van der Waals surface area contributed by atoms with Gasteiger partial charge in [-0.15, -0.1) is 0 Å². The third-order valence-electron chi connectivity index (χ3n) is 7.96. The van der Waals surface area contributed by atoms with E-state index < -0.39 is 18.8 Å². The van der Waals surface area contributed by atoms with Gasteiger partial charge in [0.05, 0.1) is 22.8 Å². The number of nitrogens with zero attached hydrogens (tertiary/aromatic N) is 2. The minimum Gasteiger partial charge on any atom is -0.382 e. The Morgan fingerprint density at radius 2 is 1.70 bits per heavy atom. The molecule has 0 aliphatic rings. The number of halogens is 4. The number of carbonyl (C=O) groups excluding carboxylic acids is 1. The number of hydrogen-bond acceptors (Lipinski definition) is 3. The largest absolute Gasteiger partial charge is 0.416 e. The van der Waals surface area contributed by atoms with Gasteiger partial charge in [-0.2, -0.15) is 13.2 Å². The number of benzene rings is 2. The second kappa shape index (κ2) is 15.6. The molecule has 0 aliphatic carbocycles. The molecule has 240 valence electrons. The summed E-state index contributed by atoms with van der Waals surface area (Å²) in [6.45, 7) is 2.19. The maximum absolute atomic E-state index is 13.6. The van der Waals surface area contributed by atoms with Gasteiger partial charge in [0.2, 0.25) is 11.5 Å². The van der Waals surface area contributed by atoms with Gasteiger partial charge < -0.3 is 19.6 Å². The van der Waals surface area contributed by atoms with Gasteiger partial charge in [-0.25, -0.2) is 0 Å². The number of fused-ring (bicyclic) bond motifs is 3. The van der Waals surface area contributed by atoms with Gasteiger partial charge in [-0.05, 0) is 48.9 Å². The molecule has 2 heterocycles. The van der Waals surface area contributed by atoms with Crippen LogP contribution in [0.5, 0.6) is 0 Å². The molecule has 4 aromatic rings. The number of carbonyl (C=O) groups is 1. The normalized spacial score (nSPS) is 12.4. The number of amides is 1. The molecule has 4 rings (SSSR count). The minimum absolute atomic E-state index is 0. The van der Waals surface area contributed by atoms with Crippen molar-refractivity contribution in [2.75, 3.05) is 13.6 Å². The van der Waals surface area contributed by atoms with E-state index in [0.717, 1.165) is 62.6 Å². The van der Waals surface area contributed by atoms with Crippen LogP contribution >= 0.6 is 11.6 Å². The topological polar surface area (TPSA) is 78.3 Å². The van der Waals surface area contributed by atoms with Crippen LogP contribution in [0.15, 0.2) is 53.3 Å². The monoisotopic (exact) mass is 633 g/mol. The Balaban J connectivity index is 0.00000529. The average Bonchev–Trinajstić information content (AvgIpc) is 3.27. The lowest BCUT2D eigenvalue weighted by Crippen LogP contribution is -2.33. The number of aromatic nitrogens is 2. The third-order valence-corrected chi connectivity index (χ3v) is 8.26. The van der Waals surface area contributed by atoms with E-state index in [4.69, 9.17) is 11.6 Å². The first-order valence-electron chi connectivity index (χ1n) is 14.9. The summed E-state index contributed by atoms with van der Waals surface area (Å²) in [4.78, 5) is 29.1. The molecule has 1 atom stereocenters. The van der Waals surface area contributed by atoms with E-state index in [-0.39, 0.29) is 23.9 Å². The molecule has 10 heteroatoms. The summed E-state index contributed by atoms with van der Waals surface area (Å²) in [5, 5.41) is 11.6. The van der Waals surface area contributed by atoms with E-state index in [1.54, 1.807) is 17.0 Å². The standard InChI is InChI=1S/C33H39ClF3N3O3.CH4/c1-3-4-19-39(2)29(43)16-12-7-5-6-11-15-23-30-26(18-17-25-31(30)24(34)20-28(42)38-25)40(21-27(41)33(35,36)37)32(23)22-13-9-8-10-14-22;/h8-10,13-14,17-18,20,27,41H,3-7,11-12,15-16,19,21H2,1-2H3,(H,38,42);1H4/t27-;/m0./s1. The van der Waals surface area contributed by atoms with Gasteiger partial charge in [0, 0.05) is 42.4 Å². The fraction of sp³-hybridized carbons (Fsp3) is 0.471. The summed E-state index contributed by atoms with van der Waals surface area (Å²) in [5.41, 5.74) is 2.76. The van der Waals surface area contributed by atoms with Crippen molar-refractivity contribution < 1.29 is 23.1 Å². The Morgan fingerprint density at radius 3 is 2.39 bits per heavy atom. The van der Waals surface area contributed by atoms with E-state index in [1.807, 2.05) is 37.4 Å². The van der Waals surface area contributed by atoms with Crippen molar-refractivity contribution in [3.05, 3.63) is 69.5 Å². The van der Waals surface area contributed by atoms with Gasteiger partial charge in [-0.1, -0.05) is 82.0 Å². The Labute approximate surface area is 261 Å². The number of nitrogens with one attached hydrogen (secondary N) is 1. The molecule has 0 bridgehead atoms. The van der Waals surface area contributed by atoms with Crippen LogP contribution in [-0.4, -0.2) is 51.3 Å². The molecule has 0 aliphatic heterocycles. The molecule has 1 amide bonds. The van der Waals surface area contributed by atoms with Crippen LogP contribution in [0.2, 0.25) is 5.02 Å². The smallest absolute Gasteiger partial charge is 0.382 e. The fourth-order valence-corrected chi connectivity index (χ4v) is 5.98. The molecule has 0 unspecified atom stereocenters. The number of aromatic amines is 1. The van der Waals surface area contributed by atoms with Gasteiger partial charge in [0.15, 0.2) is 6.10 Å². The number of alkyl halides is 3. The number of aliphatic hydroxyl groups excluding tert-OH is 1. The molecular formula is C34H43ClF3N3O3. The van der Waals surface area contributed by atoms with Crippen LogP contribution in [-0.2, 0) is 17.8 Å². The Hall–Kier alpha value is -3.30. The van der Waals surface area contributed by atoms with Crippen LogP contribution in [0.1, 0.15) is 71.3 Å². The molecule has 2 aromatic heterocycles. The maximum atomic E-state index is 13.6. The predicted molar refractivity (Wildman–Crippen MR) is 173 cm³/mol. The third kappa shape index (κ3) is 8.24. The lowest BCUT2D eigenvalue weighted by atomic mass is 9.97. The van der Waals surface area contributed by atoms with E-state index in [1.165, 1.54) is 10.6 Å². The number of rotatable bonds is 14. The summed E-state index contributed by atoms with van der Waals surface area (Å²) in [7, 11) is 1.85. The van der Waals surface area contributed by atoms with Crippen molar-refractivity contribution in [1.29, 1.82) is 0 Å². The quantitative estimate of drug-likeness (QED) is 0.137. The van der Waals surface area contributed by atoms with E-state index in [0.29, 0.717) is 40.3 Å². The fourth-order valence-electron chi connectivity index (χ4n) is 5.69. The van der Waals surface area contributed by atoms with Crippen LogP contribution in [0.4, 0.5) is 13.2 Å². The van der Waals surface area contributed by atoms with E-state index in [9.17, 15) is 27.9 Å². The molecule has 0 spiro atoms. The zero-order valence-electron chi connectivity index (χ0n) is 24.6. The zero-order chi connectivity index (χ0) is 31.1. The molecule has 0 fully saturated rings. The van der Waals surface area contributed by atoms with Gasteiger partial charge >= 0.3 is 6.18 Å². The van der Waals surface area contributed by atoms with E-state index in [2.05, 4.69) is 11.9 Å².